The van der Waals surface area contributed by atoms with Gasteiger partial charge in [-0.2, -0.15) is 4.99 Å². The molecule has 1 amide bonds. The van der Waals surface area contributed by atoms with Crippen molar-refractivity contribution in [1.29, 1.82) is 0 Å². The van der Waals surface area contributed by atoms with E-state index in [1.807, 2.05) is 13.0 Å². The summed E-state index contributed by atoms with van der Waals surface area (Å²) >= 11 is 5.28. The summed E-state index contributed by atoms with van der Waals surface area (Å²) in [5.41, 5.74) is 1.34. The van der Waals surface area contributed by atoms with Crippen molar-refractivity contribution in [3.8, 4) is 5.75 Å². The summed E-state index contributed by atoms with van der Waals surface area (Å²) < 4.78 is 5.79. The maximum Gasteiger partial charge on any atom is 0.303 e. The summed E-state index contributed by atoms with van der Waals surface area (Å²) in [5.74, 6) is 0.405. The van der Waals surface area contributed by atoms with Gasteiger partial charge in [-0.3, -0.25) is 4.79 Å². The highest BCUT2D eigenvalue weighted by atomic mass is 32.1. The molecule has 0 spiro atoms. The molecule has 27 heavy (non-hydrogen) atoms. The van der Waals surface area contributed by atoms with Crippen LogP contribution in [0.25, 0.3) is 0 Å². The average molecular weight is 385 g/mol. The second kappa shape index (κ2) is 8.58. The van der Waals surface area contributed by atoms with Gasteiger partial charge in [0.15, 0.2) is 10.9 Å². The number of ether oxygens (including phenoxy) is 1. The number of benzene rings is 1. The van der Waals surface area contributed by atoms with Gasteiger partial charge in [0.1, 0.15) is 5.75 Å². The van der Waals surface area contributed by atoms with E-state index in [1.54, 1.807) is 12.1 Å². The van der Waals surface area contributed by atoms with Crippen LogP contribution < -0.4 is 15.4 Å². The number of nitrogens with one attached hydrogen (secondary N) is 2. The van der Waals surface area contributed by atoms with Crippen LogP contribution in [0.3, 0.4) is 0 Å². The van der Waals surface area contributed by atoms with Gasteiger partial charge in [-0.05, 0) is 48.5 Å². The number of rotatable bonds is 7. The standard InChI is InChI=1S/C17H19N7O2S/c1-3-7-18-17(27)19-10-5-6-12(26-8-4-2)11(9-10)14-20-15-13(16(25)21-14)22-24-23-15/h5-6,9H,3-4,7-8H2,1-2H3,(H2,18,19,27). The van der Waals surface area contributed by atoms with Crippen LogP contribution in [0.4, 0.5) is 5.69 Å². The molecule has 2 aliphatic heterocycles. The van der Waals surface area contributed by atoms with E-state index >= 15 is 0 Å². The first-order chi connectivity index (χ1) is 13.1. The molecule has 9 nitrogen and oxygen atoms in total. The Labute approximate surface area is 161 Å². The first-order valence-corrected chi connectivity index (χ1v) is 9.06. The molecule has 0 radical (unpaired) electrons. The minimum Gasteiger partial charge on any atom is -0.493 e. The third-order valence-corrected chi connectivity index (χ3v) is 3.84. The fourth-order valence-electron chi connectivity index (χ4n) is 2.34. The first-order valence-electron chi connectivity index (χ1n) is 8.65. The van der Waals surface area contributed by atoms with Crippen molar-refractivity contribution < 1.29 is 9.53 Å². The van der Waals surface area contributed by atoms with E-state index in [9.17, 15) is 4.79 Å². The smallest absolute Gasteiger partial charge is 0.303 e. The van der Waals surface area contributed by atoms with Crippen LogP contribution in [0.5, 0.6) is 5.75 Å². The Morgan fingerprint density at radius 2 is 2.04 bits per heavy atom. The lowest BCUT2D eigenvalue weighted by Gasteiger charge is -2.15. The van der Waals surface area contributed by atoms with Crippen LogP contribution in [0.1, 0.15) is 32.3 Å². The highest BCUT2D eigenvalue weighted by molar-refractivity contribution is 7.80. The molecule has 0 saturated carbocycles. The van der Waals surface area contributed by atoms with Gasteiger partial charge >= 0.3 is 5.91 Å². The quantitative estimate of drug-likeness (QED) is 0.701. The molecule has 10 heteroatoms. The summed E-state index contributed by atoms with van der Waals surface area (Å²) in [6.07, 6.45) is 1.81. The van der Waals surface area contributed by atoms with Crippen molar-refractivity contribution >= 4 is 46.3 Å². The Kier molecular flexibility index (Phi) is 5.97. The number of hydrogen-bond donors (Lipinski definition) is 2. The van der Waals surface area contributed by atoms with E-state index in [1.165, 1.54) is 0 Å². The van der Waals surface area contributed by atoms with Crippen LogP contribution in [-0.2, 0) is 4.79 Å². The molecule has 0 fully saturated rings. The van der Waals surface area contributed by atoms with Crippen LogP contribution in [-0.4, -0.2) is 41.6 Å². The minimum atomic E-state index is -0.528. The van der Waals surface area contributed by atoms with Crippen molar-refractivity contribution in [3.63, 3.8) is 0 Å². The Morgan fingerprint density at radius 3 is 2.81 bits per heavy atom. The normalized spacial score (nSPS) is 14.9. The van der Waals surface area contributed by atoms with E-state index in [-0.39, 0.29) is 17.4 Å². The van der Waals surface area contributed by atoms with Crippen molar-refractivity contribution in [3.05, 3.63) is 23.8 Å². The lowest BCUT2D eigenvalue weighted by Crippen LogP contribution is -2.29. The van der Waals surface area contributed by atoms with Gasteiger partial charge in [0.05, 0.1) is 12.2 Å². The van der Waals surface area contributed by atoms with E-state index in [0.717, 1.165) is 25.1 Å². The largest absolute Gasteiger partial charge is 0.493 e. The molecule has 0 bridgehead atoms. The Hall–Kier alpha value is -3.01. The molecule has 2 aliphatic rings. The highest BCUT2D eigenvalue weighted by Crippen LogP contribution is 2.26. The number of thiocarbonyl (C=S) groups is 1. The summed E-state index contributed by atoms with van der Waals surface area (Å²) in [4.78, 5) is 20.5. The van der Waals surface area contributed by atoms with Crippen molar-refractivity contribution in [2.45, 2.75) is 26.7 Å². The van der Waals surface area contributed by atoms with Crippen LogP contribution in [0.15, 0.2) is 43.6 Å². The zero-order valence-electron chi connectivity index (χ0n) is 15.0. The summed E-state index contributed by atoms with van der Waals surface area (Å²) in [5, 5.41) is 17.6. The number of fused-ring (bicyclic) bond motifs is 1. The predicted octanol–water partition coefficient (Wildman–Crippen LogP) is 2.68. The molecule has 0 aromatic heterocycles. The monoisotopic (exact) mass is 385 g/mol. The minimum absolute atomic E-state index is 0.0500. The number of hydrogen-bond acceptors (Lipinski definition) is 7. The predicted molar refractivity (Wildman–Crippen MR) is 108 cm³/mol. The molecular formula is C17H19N7O2S. The SMILES string of the molecule is CCCNC(=S)Nc1ccc(OCCC)c(C2=NC(=O)C3=NN=NC3=N2)c1. The zero-order chi connectivity index (χ0) is 19.2. The van der Waals surface area contributed by atoms with Crippen LogP contribution in [0.2, 0.25) is 0 Å². The number of aliphatic imine (C=N–C) groups is 2. The molecular weight excluding hydrogens is 366 g/mol. The molecule has 0 aliphatic carbocycles. The van der Waals surface area contributed by atoms with Gasteiger partial charge in [0.2, 0.25) is 11.5 Å². The molecule has 0 atom stereocenters. The van der Waals surface area contributed by atoms with Gasteiger partial charge in [-0.25, -0.2) is 4.99 Å². The molecule has 3 rings (SSSR count). The Balaban J connectivity index is 1.92. The average Bonchev–Trinajstić information content (AvgIpc) is 3.14. The number of carbonyl (C=O) groups is 1. The van der Waals surface area contributed by atoms with Gasteiger partial charge in [-0.1, -0.05) is 13.8 Å². The van der Waals surface area contributed by atoms with Crippen LogP contribution >= 0.6 is 12.2 Å². The van der Waals surface area contributed by atoms with E-state index < -0.39 is 5.91 Å². The number of carbonyl (C=O) groups excluding carboxylic acids is 1. The van der Waals surface area contributed by atoms with Gasteiger partial charge < -0.3 is 15.4 Å². The van der Waals surface area contributed by atoms with Gasteiger partial charge in [0.25, 0.3) is 0 Å². The van der Waals surface area contributed by atoms with Crippen LogP contribution in [0, 0.1) is 0 Å². The highest BCUT2D eigenvalue weighted by Gasteiger charge is 2.29. The number of amidine groups is 2. The van der Waals surface area contributed by atoms with Crippen molar-refractivity contribution in [1.82, 2.24) is 5.32 Å². The molecule has 1 aromatic rings. The molecule has 0 saturated heterocycles. The van der Waals surface area contributed by atoms with Crippen molar-refractivity contribution in [2.24, 2.45) is 25.4 Å². The zero-order valence-corrected chi connectivity index (χ0v) is 15.8. The van der Waals surface area contributed by atoms with E-state index in [0.29, 0.717) is 23.0 Å². The third kappa shape index (κ3) is 4.40. The maximum absolute atomic E-state index is 12.2. The molecule has 1 aromatic carbocycles. The number of amides is 1. The molecule has 2 heterocycles. The molecule has 140 valence electrons. The second-order valence-corrected chi connectivity index (χ2v) is 6.16. The third-order valence-electron chi connectivity index (χ3n) is 3.59. The maximum atomic E-state index is 12.2. The summed E-state index contributed by atoms with van der Waals surface area (Å²) in [7, 11) is 0. The Morgan fingerprint density at radius 1 is 1.19 bits per heavy atom. The summed E-state index contributed by atoms with van der Waals surface area (Å²) in [6, 6.07) is 5.42. The van der Waals surface area contributed by atoms with E-state index in [2.05, 4.69) is 43.0 Å². The fraction of sp³-hybridized carbons (Fsp3) is 0.353. The first kappa shape index (κ1) is 18.8. The van der Waals surface area contributed by atoms with E-state index in [4.69, 9.17) is 17.0 Å². The summed E-state index contributed by atoms with van der Waals surface area (Å²) in [6.45, 7) is 5.37. The Bertz CT molecular complexity index is 889. The topological polar surface area (TPSA) is 112 Å². The van der Waals surface area contributed by atoms with Gasteiger partial charge in [0, 0.05) is 12.2 Å². The lowest BCUT2D eigenvalue weighted by atomic mass is 10.1. The molecule has 0 unspecified atom stereocenters. The fourth-order valence-corrected chi connectivity index (χ4v) is 2.56. The lowest BCUT2D eigenvalue weighted by molar-refractivity contribution is -0.111. The molecule has 2 N–H and O–H groups in total. The number of anilines is 1. The number of nitrogens with zero attached hydrogens (tertiary/aromatic N) is 5. The van der Waals surface area contributed by atoms with Crippen molar-refractivity contribution in [2.75, 3.05) is 18.5 Å². The van der Waals surface area contributed by atoms with Gasteiger partial charge in [-0.15, -0.1) is 10.2 Å². The second-order valence-electron chi connectivity index (χ2n) is 5.75.